The van der Waals surface area contributed by atoms with Crippen LogP contribution in [0, 0.1) is 10.1 Å². The molecule has 1 aromatic rings. The lowest BCUT2D eigenvalue weighted by molar-refractivity contribution is -0.385. The maximum Gasteiger partial charge on any atom is 0.270 e. The zero-order chi connectivity index (χ0) is 21.3. The molecule has 170 valence electrons. The first-order valence-electron chi connectivity index (χ1n) is 9.87. The van der Waals surface area contributed by atoms with Crippen LogP contribution in [0.3, 0.4) is 0 Å². The van der Waals surface area contributed by atoms with Gasteiger partial charge in [-0.05, 0) is 38.9 Å². The molecule has 0 amide bonds. The van der Waals surface area contributed by atoms with Crippen molar-refractivity contribution < 1.29 is 13.3 Å². The third-order valence-electron chi connectivity index (χ3n) is 4.76. The molecular weight excluding hydrogens is 523 g/mol. The number of likely N-dealkylation sites (N-methyl/N-ethyl adjacent to an activating group) is 1. The van der Waals surface area contributed by atoms with E-state index < -0.39 is 14.9 Å². The molecule has 0 bridgehead atoms. The molecule has 0 aromatic heterocycles. The van der Waals surface area contributed by atoms with E-state index in [-0.39, 0.29) is 41.1 Å². The van der Waals surface area contributed by atoms with Gasteiger partial charge >= 0.3 is 0 Å². The highest BCUT2D eigenvalue weighted by molar-refractivity contribution is 14.0. The molecular formula is C18H31IN6O4S. The van der Waals surface area contributed by atoms with Crippen molar-refractivity contribution in [2.24, 2.45) is 4.99 Å². The molecule has 3 N–H and O–H groups in total. The van der Waals surface area contributed by atoms with Gasteiger partial charge < -0.3 is 10.6 Å². The van der Waals surface area contributed by atoms with Crippen molar-refractivity contribution in [2.45, 2.75) is 37.6 Å². The number of rotatable bonds is 10. The highest BCUT2D eigenvalue weighted by Gasteiger charge is 2.22. The SMILES string of the molecule is CCNC(=NCC1CCCN1CC)NCCNS(=O)(=O)c1cccc([N+](=O)[O-])c1.I. The van der Waals surface area contributed by atoms with Gasteiger partial charge in [0.1, 0.15) is 0 Å². The van der Waals surface area contributed by atoms with E-state index in [4.69, 9.17) is 0 Å². The average molecular weight is 554 g/mol. The highest BCUT2D eigenvalue weighted by atomic mass is 127. The molecule has 1 atom stereocenters. The molecule has 12 heteroatoms. The third-order valence-corrected chi connectivity index (χ3v) is 6.22. The Kier molecular flexibility index (Phi) is 11.5. The van der Waals surface area contributed by atoms with E-state index in [9.17, 15) is 18.5 Å². The van der Waals surface area contributed by atoms with E-state index in [0.717, 1.165) is 25.6 Å². The van der Waals surface area contributed by atoms with Gasteiger partial charge in [0.25, 0.3) is 5.69 Å². The van der Waals surface area contributed by atoms with Gasteiger partial charge in [0.15, 0.2) is 5.96 Å². The maximum absolute atomic E-state index is 12.3. The van der Waals surface area contributed by atoms with Gasteiger partial charge in [-0.1, -0.05) is 13.0 Å². The second-order valence-corrected chi connectivity index (χ2v) is 8.49. The summed E-state index contributed by atoms with van der Waals surface area (Å²) in [7, 11) is -3.82. The van der Waals surface area contributed by atoms with Gasteiger partial charge in [-0.3, -0.25) is 20.0 Å². The number of nitro groups is 1. The van der Waals surface area contributed by atoms with Crippen molar-refractivity contribution in [3.63, 3.8) is 0 Å². The minimum atomic E-state index is -3.82. The molecule has 1 heterocycles. The number of nitrogens with zero attached hydrogens (tertiary/aromatic N) is 3. The van der Waals surface area contributed by atoms with Crippen molar-refractivity contribution in [3.8, 4) is 0 Å². The summed E-state index contributed by atoms with van der Waals surface area (Å²) in [5, 5.41) is 17.1. The summed E-state index contributed by atoms with van der Waals surface area (Å²) < 4.78 is 27.1. The summed E-state index contributed by atoms with van der Waals surface area (Å²) in [6.45, 7) is 8.11. The Morgan fingerprint density at radius 2 is 2.07 bits per heavy atom. The van der Waals surface area contributed by atoms with E-state index >= 15 is 0 Å². The molecule has 1 aliphatic heterocycles. The van der Waals surface area contributed by atoms with Crippen molar-refractivity contribution in [2.75, 3.05) is 39.3 Å². The number of hydrogen-bond acceptors (Lipinski definition) is 6. The maximum atomic E-state index is 12.3. The highest BCUT2D eigenvalue weighted by Crippen LogP contribution is 2.17. The number of benzene rings is 1. The number of halogens is 1. The summed E-state index contributed by atoms with van der Waals surface area (Å²) in [6, 6.07) is 5.42. The number of nitrogens with one attached hydrogen (secondary N) is 3. The van der Waals surface area contributed by atoms with Crippen LogP contribution >= 0.6 is 24.0 Å². The van der Waals surface area contributed by atoms with Gasteiger partial charge in [-0.2, -0.15) is 0 Å². The molecule has 10 nitrogen and oxygen atoms in total. The normalized spacial score (nSPS) is 17.4. The van der Waals surface area contributed by atoms with Crippen LogP contribution in [0.4, 0.5) is 5.69 Å². The molecule has 0 aliphatic carbocycles. The van der Waals surface area contributed by atoms with Gasteiger partial charge in [0.05, 0.1) is 16.4 Å². The van der Waals surface area contributed by atoms with E-state index in [2.05, 4.69) is 32.2 Å². The first-order chi connectivity index (χ1) is 13.9. The molecule has 1 aromatic carbocycles. The lowest BCUT2D eigenvalue weighted by Gasteiger charge is -2.21. The minimum Gasteiger partial charge on any atom is -0.357 e. The molecule has 1 saturated heterocycles. The smallest absolute Gasteiger partial charge is 0.270 e. The fourth-order valence-corrected chi connectivity index (χ4v) is 4.34. The fourth-order valence-electron chi connectivity index (χ4n) is 3.27. The number of nitro benzene ring substituents is 1. The van der Waals surface area contributed by atoms with E-state index in [1.54, 1.807) is 0 Å². The number of aliphatic imine (C=N–C) groups is 1. The number of sulfonamides is 1. The Hall–Kier alpha value is -1.51. The number of non-ortho nitro benzene ring substituents is 1. The van der Waals surface area contributed by atoms with Crippen molar-refractivity contribution in [1.82, 2.24) is 20.3 Å². The number of likely N-dealkylation sites (tertiary alicyclic amines) is 1. The van der Waals surface area contributed by atoms with Crippen molar-refractivity contribution >= 4 is 45.6 Å². The van der Waals surface area contributed by atoms with Crippen molar-refractivity contribution in [3.05, 3.63) is 34.4 Å². The summed E-state index contributed by atoms with van der Waals surface area (Å²) in [6.07, 6.45) is 2.33. The predicted molar refractivity (Wildman–Crippen MR) is 128 cm³/mol. The standard InChI is InChI=1S/C18H30N6O4S.HI/c1-3-19-18(21-14-16-8-6-12-23(16)4-2)20-10-11-22-29(27,28)17-9-5-7-15(13-17)24(25)26;/h5,7,9,13,16,22H,3-4,6,8,10-12,14H2,1-2H3,(H2,19,20,21);1H. The van der Waals surface area contributed by atoms with E-state index in [0.29, 0.717) is 31.6 Å². The lowest BCUT2D eigenvalue weighted by Crippen LogP contribution is -2.42. The Morgan fingerprint density at radius 3 is 2.73 bits per heavy atom. The zero-order valence-corrected chi connectivity index (χ0v) is 20.5. The van der Waals surface area contributed by atoms with Gasteiger partial charge in [0.2, 0.25) is 10.0 Å². The van der Waals surface area contributed by atoms with Crippen LogP contribution in [0.15, 0.2) is 34.2 Å². The van der Waals surface area contributed by atoms with Gasteiger partial charge in [0, 0.05) is 37.8 Å². The summed E-state index contributed by atoms with van der Waals surface area (Å²) in [5.41, 5.74) is -0.263. The van der Waals surface area contributed by atoms with Crippen LogP contribution in [0.25, 0.3) is 0 Å². The minimum absolute atomic E-state index is 0. The molecule has 30 heavy (non-hydrogen) atoms. The molecule has 1 unspecified atom stereocenters. The quantitative estimate of drug-likeness (QED) is 0.1000. The fraction of sp³-hybridized carbons (Fsp3) is 0.611. The first kappa shape index (κ1) is 26.5. The van der Waals surface area contributed by atoms with Crippen molar-refractivity contribution in [1.29, 1.82) is 0 Å². The summed E-state index contributed by atoms with van der Waals surface area (Å²) in [4.78, 5) is 17.1. The molecule has 0 radical (unpaired) electrons. The summed E-state index contributed by atoms with van der Waals surface area (Å²) in [5.74, 6) is 0.644. The van der Waals surface area contributed by atoms with E-state index in [1.807, 2.05) is 6.92 Å². The molecule has 2 rings (SSSR count). The monoisotopic (exact) mass is 554 g/mol. The molecule has 1 fully saturated rings. The average Bonchev–Trinajstić information content (AvgIpc) is 3.17. The first-order valence-corrected chi connectivity index (χ1v) is 11.4. The van der Waals surface area contributed by atoms with E-state index in [1.165, 1.54) is 24.6 Å². The Balaban J connectivity index is 0.00000450. The number of guanidine groups is 1. The lowest BCUT2D eigenvalue weighted by atomic mass is 10.2. The predicted octanol–water partition coefficient (Wildman–Crippen LogP) is 1.53. The summed E-state index contributed by atoms with van der Waals surface area (Å²) >= 11 is 0. The topological polar surface area (TPSA) is 129 Å². The Bertz CT molecular complexity index is 821. The van der Waals surface area contributed by atoms with Gasteiger partial charge in [-0.25, -0.2) is 13.1 Å². The largest absolute Gasteiger partial charge is 0.357 e. The Morgan fingerprint density at radius 1 is 1.30 bits per heavy atom. The van der Waals surface area contributed by atoms with Gasteiger partial charge in [-0.15, -0.1) is 24.0 Å². The van der Waals surface area contributed by atoms with Crippen LogP contribution in [0.2, 0.25) is 0 Å². The molecule has 0 spiro atoms. The molecule has 1 aliphatic rings. The van der Waals surface area contributed by atoms with Crippen LogP contribution in [0.1, 0.15) is 26.7 Å². The van der Waals surface area contributed by atoms with Crippen LogP contribution in [0.5, 0.6) is 0 Å². The van der Waals surface area contributed by atoms with Crippen LogP contribution in [-0.2, 0) is 10.0 Å². The van der Waals surface area contributed by atoms with Crippen LogP contribution in [-0.4, -0.2) is 69.5 Å². The zero-order valence-electron chi connectivity index (χ0n) is 17.3. The number of hydrogen-bond donors (Lipinski definition) is 3. The molecule has 0 saturated carbocycles. The Labute approximate surface area is 195 Å². The second kappa shape index (κ2) is 13.0. The second-order valence-electron chi connectivity index (χ2n) is 6.72. The third kappa shape index (κ3) is 7.96. The van der Waals surface area contributed by atoms with Crippen LogP contribution < -0.4 is 15.4 Å².